The molecule has 0 aliphatic carbocycles. The van der Waals surface area contributed by atoms with Crippen LogP contribution >= 0.6 is 15.9 Å². The molecule has 0 saturated carbocycles. The van der Waals surface area contributed by atoms with Gasteiger partial charge in [-0.25, -0.2) is 4.98 Å². The molecule has 164 valence electrons. The molecule has 3 heterocycles. The Balaban J connectivity index is 1.42. The van der Waals surface area contributed by atoms with Crippen molar-refractivity contribution in [3.8, 4) is 0 Å². The average Bonchev–Trinajstić information content (AvgIpc) is 3.24. The molecule has 1 aromatic carbocycles. The van der Waals surface area contributed by atoms with Gasteiger partial charge in [0, 0.05) is 35.4 Å². The van der Waals surface area contributed by atoms with E-state index in [0.29, 0.717) is 29.7 Å². The van der Waals surface area contributed by atoms with E-state index in [1.54, 1.807) is 12.3 Å². The number of anilines is 2. The number of carbonyl (C=O) groups excluding carboxylic acids is 1. The van der Waals surface area contributed by atoms with Gasteiger partial charge in [0.2, 0.25) is 0 Å². The zero-order valence-electron chi connectivity index (χ0n) is 18.1. The van der Waals surface area contributed by atoms with Gasteiger partial charge in [-0.1, -0.05) is 22.4 Å². The van der Waals surface area contributed by atoms with Crippen LogP contribution in [0, 0.1) is 6.92 Å². The fourth-order valence-corrected chi connectivity index (χ4v) is 4.35. The Bertz CT molecular complexity index is 1060. The SMILES string of the molecule is Cc1cc(Nc2nc(C(=O)NCCCN3CCCCC3C)cc3occc23)ccc1Br. The summed E-state index contributed by atoms with van der Waals surface area (Å²) >= 11 is 3.52. The standard InChI is InChI=1S/C24H29BrN4O2/c1-16-14-18(7-8-20(16)25)27-23-19-9-13-31-22(19)15-21(28-23)24(30)26-10-5-12-29-11-4-3-6-17(29)2/h7-9,13-15,17H,3-6,10-12H2,1-2H3,(H,26,30)(H,27,28). The van der Waals surface area contributed by atoms with Gasteiger partial charge in [0.05, 0.1) is 11.6 Å². The third-order valence-corrected chi connectivity index (χ3v) is 6.84. The number of aromatic nitrogens is 1. The van der Waals surface area contributed by atoms with Crippen LogP contribution in [0.15, 0.2) is 45.5 Å². The molecule has 0 bridgehead atoms. The Morgan fingerprint density at radius 3 is 2.97 bits per heavy atom. The Kier molecular flexibility index (Phi) is 6.92. The highest BCUT2D eigenvalue weighted by Crippen LogP contribution is 2.28. The van der Waals surface area contributed by atoms with Gasteiger partial charge in [0.1, 0.15) is 17.1 Å². The number of nitrogens with zero attached hydrogens (tertiary/aromatic N) is 2. The third-order valence-electron chi connectivity index (χ3n) is 5.95. The van der Waals surface area contributed by atoms with Gasteiger partial charge in [0.15, 0.2) is 0 Å². The van der Waals surface area contributed by atoms with Crippen LogP contribution < -0.4 is 10.6 Å². The number of carbonyl (C=O) groups is 1. The zero-order valence-corrected chi connectivity index (χ0v) is 19.7. The molecule has 3 aromatic rings. The maximum absolute atomic E-state index is 12.8. The monoisotopic (exact) mass is 484 g/mol. The fraction of sp³-hybridized carbons (Fsp3) is 0.417. The number of rotatable bonds is 7. The maximum Gasteiger partial charge on any atom is 0.270 e. The van der Waals surface area contributed by atoms with Crippen LogP contribution in [0.4, 0.5) is 11.5 Å². The number of likely N-dealkylation sites (tertiary alicyclic amines) is 1. The summed E-state index contributed by atoms with van der Waals surface area (Å²) < 4.78 is 6.62. The molecule has 2 aromatic heterocycles. The van der Waals surface area contributed by atoms with E-state index >= 15 is 0 Å². The highest BCUT2D eigenvalue weighted by molar-refractivity contribution is 9.10. The summed E-state index contributed by atoms with van der Waals surface area (Å²) in [4.78, 5) is 19.9. The van der Waals surface area contributed by atoms with Gasteiger partial charge in [-0.3, -0.25) is 4.79 Å². The molecule has 1 saturated heterocycles. The number of hydrogen-bond donors (Lipinski definition) is 2. The van der Waals surface area contributed by atoms with E-state index in [-0.39, 0.29) is 5.91 Å². The van der Waals surface area contributed by atoms with E-state index in [9.17, 15) is 4.79 Å². The van der Waals surface area contributed by atoms with Gasteiger partial charge in [0.25, 0.3) is 5.91 Å². The van der Waals surface area contributed by atoms with Crippen molar-refractivity contribution in [2.24, 2.45) is 0 Å². The summed E-state index contributed by atoms with van der Waals surface area (Å²) in [5.74, 6) is 0.431. The number of piperidine rings is 1. The first-order valence-corrected chi connectivity index (χ1v) is 11.7. The number of benzene rings is 1. The average molecular weight is 485 g/mol. The molecule has 1 aliphatic heterocycles. The molecule has 1 amide bonds. The second-order valence-electron chi connectivity index (χ2n) is 8.27. The van der Waals surface area contributed by atoms with Crippen LogP contribution in [-0.4, -0.2) is 41.5 Å². The van der Waals surface area contributed by atoms with E-state index in [4.69, 9.17) is 4.42 Å². The summed E-state index contributed by atoms with van der Waals surface area (Å²) in [6, 6.07) is 10.2. The van der Waals surface area contributed by atoms with Gasteiger partial charge in [-0.05, 0) is 69.5 Å². The summed E-state index contributed by atoms with van der Waals surface area (Å²) in [5, 5.41) is 7.19. The minimum absolute atomic E-state index is 0.181. The lowest BCUT2D eigenvalue weighted by Gasteiger charge is -2.33. The molecule has 1 fully saturated rings. The molecule has 0 radical (unpaired) electrons. The number of halogens is 1. The molecule has 7 heteroatoms. The van der Waals surface area contributed by atoms with Gasteiger partial charge < -0.3 is 20.0 Å². The molecule has 1 aliphatic rings. The van der Waals surface area contributed by atoms with Crippen molar-refractivity contribution in [3.05, 3.63) is 52.3 Å². The molecule has 31 heavy (non-hydrogen) atoms. The Morgan fingerprint density at radius 2 is 2.16 bits per heavy atom. The van der Waals surface area contributed by atoms with E-state index in [1.165, 1.54) is 19.3 Å². The van der Waals surface area contributed by atoms with Crippen LogP contribution in [0.25, 0.3) is 11.0 Å². The van der Waals surface area contributed by atoms with Crippen molar-refractivity contribution in [3.63, 3.8) is 0 Å². The zero-order chi connectivity index (χ0) is 21.8. The molecule has 2 N–H and O–H groups in total. The minimum atomic E-state index is -0.181. The van der Waals surface area contributed by atoms with Crippen molar-refractivity contribution in [1.82, 2.24) is 15.2 Å². The minimum Gasteiger partial charge on any atom is -0.464 e. The lowest BCUT2D eigenvalue weighted by Crippen LogP contribution is -2.39. The number of furan rings is 1. The van der Waals surface area contributed by atoms with Crippen LogP contribution in [-0.2, 0) is 0 Å². The van der Waals surface area contributed by atoms with Gasteiger partial charge >= 0.3 is 0 Å². The number of amides is 1. The van der Waals surface area contributed by atoms with E-state index in [2.05, 4.69) is 43.4 Å². The van der Waals surface area contributed by atoms with Crippen LogP contribution in [0.3, 0.4) is 0 Å². The van der Waals surface area contributed by atoms with E-state index < -0.39 is 0 Å². The summed E-state index contributed by atoms with van der Waals surface area (Å²) in [7, 11) is 0. The van der Waals surface area contributed by atoms with Crippen molar-refractivity contribution in [2.75, 3.05) is 25.0 Å². The van der Waals surface area contributed by atoms with E-state index in [1.807, 2.05) is 31.2 Å². The predicted octanol–water partition coefficient (Wildman–Crippen LogP) is 5.64. The van der Waals surface area contributed by atoms with Crippen LogP contribution in [0.1, 0.15) is 48.7 Å². The fourth-order valence-electron chi connectivity index (χ4n) is 4.10. The normalized spacial score (nSPS) is 17.1. The quantitative estimate of drug-likeness (QED) is 0.424. The molecule has 1 atom stereocenters. The van der Waals surface area contributed by atoms with Crippen LogP contribution in [0.5, 0.6) is 0 Å². The van der Waals surface area contributed by atoms with E-state index in [0.717, 1.165) is 40.6 Å². The van der Waals surface area contributed by atoms with Crippen LogP contribution in [0.2, 0.25) is 0 Å². The molecule has 1 unspecified atom stereocenters. The lowest BCUT2D eigenvalue weighted by molar-refractivity contribution is 0.0944. The number of aryl methyl sites for hydroxylation is 1. The lowest BCUT2D eigenvalue weighted by atomic mass is 10.0. The topological polar surface area (TPSA) is 70.4 Å². The largest absolute Gasteiger partial charge is 0.464 e. The third kappa shape index (κ3) is 5.28. The second-order valence-corrected chi connectivity index (χ2v) is 9.12. The summed E-state index contributed by atoms with van der Waals surface area (Å²) in [6.07, 6.45) is 6.42. The van der Waals surface area contributed by atoms with Crippen molar-refractivity contribution >= 4 is 44.3 Å². The molecular weight excluding hydrogens is 456 g/mol. The van der Waals surface area contributed by atoms with Crippen molar-refractivity contribution in [2.45, 2.75) is 45.6 Å². The van der Waals surface area contributed by atoms with Gasteiger partial charge in [-0.15, -0.1) is 0 Å². The highest BCUT2D eigenvalue weighted by atomic mass is 79.9. The second kappa shape index (κ2) is 9.83. The Labute approximate surface area is 191 Å². The molecule has 6 nitrogen and oxygen atoms in total. The van der Waals surface area contributed by atoms with Crippen molar-refractivity contribution < 1.29 is 9.21 Å². The number of hydrogen-bond acceptors (Lipinski definition) is 5. The first-order valence-electron chi connectivity index (χ1n) is 10.9. The highest BCUT2D eigenvalue weighted by Gasteiger charge is 2.18. The van der Waals surface area contributed by atoms with Crippen molar-refractivity contribution in [1.29, 1.82) is 0 Å². The number of fused-ring (bicyclic) bond motifs is 1. The first kappa shape index (κ1) is 21.8. The summed E-state index contributed by atoms with van der Waals surface area (Å²) in [6.45, 7) is 7.14. The maximum atomic E-state index is 12.8. The number of pyridine rings is 1. The molecule has 4 rings (SSSR count). The van der Waals surface area contributed by atoms with Gasteiger partial charge in [-0.2, -0.15) is 0 Å². The Hall–Kier alpha value is -2.38. The number of nitrogens with one attached hydrogen (secondary N) is 2. The Morgan fingerprint density at radius 1 is 1.29 bits per heavy atom. The smallest absolute Gasteiger partial charge is 0.270 e. The first-order chi connectivity index (χ1) is 15.0. The summed E-state index contributed by atoms with van der Waals surface area (Å²) in [5.41, 5.74) is 3.01. The predicted molar refractivity (Wildman–Crippen MR) is 128 cm³/mol. The molecule has 0 spiro atoms. The molecular formula is C24H29BrN4O2.